The molecule has 0 bridgehead atoms. The molecule has 1 rings (SSSR count). The molecule has 3 nitrogen and oxygen atoms in total. The molecule has 1 aliphatic rings. The Bertz CT molecular complexity index is 159. The van der Waals surface area contributed by atoms with Crippen molar-refractivity contribution in [1.82, 2.24) is 4.90 Å². The first kappa shape index (κ1) is 8.53. The monoisotopic (exact) mass is 156 g/mol. The van der Waals surface area contributed by atoms with E-state index in [0.717, 1.165) is 19.4 Å². The van der Waals surface area contributed by atoms with Crippen molar-refractivity contribution in [2.75, 3.05) is 20.7 Å². The summed E-state index contributed by atoms with van der Waals surface area (Å²) < 4.78 is 5.50. The predicted molar refractivity (Wildman–Crippen MR) is 45.0 cm³/mol. The van der Waals surface area contributed by atoms with Crippen molar-refractivity contribution in [3.8, 4) is 0 Å². The van der Waals surface area contributed by atoms with E-state index in [-0.39, 0.29) is 5.60 Å². The summed E-state index contributed by atoms with van der Waals surface area (Å²) in [5.74, 6) is 0.579. The Labute approximate surface area is 67.8 Å². The Kier molecular flexibility index (Phi) is 2.18. The topological polar surface area (TPSA) is 36.3 Å². The fourth-order valence-electron chi connectivity index (χ4n) is 1.44. The lowest BCUT2D eigenvalue weighted by Gasteiger charge is -2.28. The number of nitrogens with one attached hydrogen (secondary N) is 1. The number of likely N-dealkylation sites (N-methyl/N-ethyl adjacent to an activating group) is 1. The Morgan fingerprint density at radius 1 is 1.55 bits per heavy atom. The molecule has 0 spiro atoms. The molecule has 0 aromatic heterocycles. The van der Waals surface area contributed by atoms with Gasteiger partial charge in [0.15, 0.2) is 0 Å². The van der Waals surface area contributed by atoms with E-state index >= 15 is 0 Å². The zero-order chi connectivity index (χ0) is 8.48. The maximum absolute atomic E-state index is 7.74. The second kappa shape index (κ2) is 2.81. The van der Waals surface area contributed by atoms with Gasteiger partial charge in [0, 0.05) is 20.7 Å². The summed E-state index contributed by atoms with van der Waals surface area (Å²) in [5.41, 5.74) is -0.316. The molecule has 1 N–H and O–H groups in total. The van der Waals surface area contributed by atoms with Crippen LogP contribution in [-0.4, -0.2) is 37.0 Å². The molecule has 0 aromatic carbocycles. The lowest BCUT2D eigenvalue weighted by atomic mass is 10.0. The van der Waals surface area contributed by atoms with E-state index in [4.69, 9.17) is 10.1 Å². The lowest BCUT2D eigenvalue weighted by Crippen LogP contribution is -2.42. The third kappa shape index (κ3) is 1.53. The second-order valence-electron chi connectivity index (χ2n) is 3.43. The average molecular weight is 156 g/mol. The van der Waals surface area contributed by atoms with Crippen LogP contribution in [0.25, 0.3) is 0 Å². The lowest BCUT2D eigenvalue weighted by molar-refractivity contribution is 0.0685. The van der Waals surface area contributed by atoms with Gasteiger partial charge >= 0.3 is 0 Å². The molecule has 11 heavy (non-hydrogen) atoms. The SMILES string of the molecule is CN(C)C(=N)C1(C)CCCO1. The summed E-state index contributed by atoms with van der Waals surface area (Å²) >= 11 is 0. The standard InChI is InChI=1S/C8H16N2O/c1-8(5-4-6-11-8)7(9)10(2)3/h9H,4-6H2,1-3H3. The van der Waals surface area contributed by atoms with Crippen molar-refractivity contribution < 1.29 is 4.74 Å². The maximum atomic E-state index is 7.74. The van der Waals surface area contributed by atoms with E-state index in [1.165, 1.54) is 0 Å². The van der Waals surface area contributed by atoms with Crippen molar-refractivity contribution in [3.63, 3.8) is 0 Å². The number of ether oxygens (including phenoxy) is 1. The van der Waals surface area contributed by atoms with Gasteiger partial charge in [0.05, 0.1) is 0 Å². The number of hydrogen-bond donors (Lipinski definition) is 1. The molecule has 3 heteroatoms. The molecular formula is C8H16N2O. The molecule has 64 valence electrons. The molecule has 1 fully saturated rings. The van der Waals surface area contributed by atoms with Crippen LogP contribution >= 0.6 is 0 Å². The number of nitrogens with zero attached hydrogens (tertiary/aromatic N) is 1. The van der Waals surface area contributed by atoms with Crippen LogP contribution in [0.15, 0.2) is 0 Å². The summed E-state index contributed by atoms with van der Waals surface area (Å²) in [6.07, 6.45) is 2.05. The molecule has 0 saturated carbocycles. The summed E-state index contributed by atoms with van der Waals surface area (Å²) in [6.45, 7) is 2.79. The summed E-state index contributed by atoms with van der Waals surface area (Å²) in [6, 6.07) is 0. The van der Waals surface area contributed by atoms with Gasteiger partial charge in [-0.05, 0) is 19.8 Å². The Balaban J connectivity index is 2.64. The van der Waals surface area contributed by atoms with Crippen molar-refractivity contribution in [2.45, 2.75) is 25.4 Å². The van der Waals surface area contributed by atoms with Crippen molar-refractivity contribution >= 4 is 5.84 Å². The Morgan fingerprint density at radius 2 is 2.18 bits per heavy atom. The minimum atomic E-state index is -0.316. The van der Waals surface area contributed by atoms with E-state index < -0.39 is 0 Å². The highest BCUT2D eigenvalue weighted by molar-refractivity contribution is 5.87. The quantitative estimate of drug-likeness (QED) is 0.456. The van der Waals surface area contributed by atoms with Crippen LogP contribution in [0.5, 0.6) is 0 Å². The Hall–Kier alpha value is -0.570. The van der Waals surface area contributed by atoms with Gasteiger partial charge in [0.1, 0.15) is 11.4 Å². The fraction of sp³-hybridized carbons (Fsp3) is 0.875. The molecule has 1 saturated heterocycles. The van der Waals surface area contributed by atoms with Crippen LogP contribution in [0.4, 0.5) is 0 Å². The zero-order valence-corrected chi connectivity index (χ0v) is 7.48. The van der Waals surface area contributed by atoms with Gasteiger partial charge in [0.25, 0.3) is 0 Å². The highest BCUT2D eigenvalue weighted by Gasteiger charge is 2.35. The summed E-state index contributed by atoms with van der Waals surface area (Å²) in [4.78, 5) is 1.81. The van der Waals surface area contributed by atoms with Crippen LogP contribution in [0.1, 0.15) is 19.8 Å². The molecular weight excluding hydrogens is 140 g/mol. The number of rotatable bonds is 1. The molecule has 0 amide bonds. The van der Waals surface area contributed by atoms with Crippen molar-refractivity contribution in [1.29, 1.82) is 5.41 Å². The molecule has 0 aromatic rings. The van der Waals surface area contributed by atoms with Gasteiger partial charge in [-0.25, -0.2) is 0 Å². The van der Waals surface area contributed by atoms with E-state index in [0.29, 0.717) is 5.84 Å². The normalized spacial score (nSPS) is 30.5. The minimum Gasteiger partial charge on any atom is -0.367 e. The van der Waals surface area contributed by atoms with Gasteiger partial charge in [-0.1, -0.05) is 0 Å². The smallest absolute Gasteiger partial charge is 0.128 e. The molecule has 1 atom stereocenters. The van der Waals surface area contributed by atoms with Crippen molar-refractivity contribution in [3.05, 3.63) is 0 Å². The molecule has 1 aliphatic heterocycles. The molecule has 1 heterocycles. The van der Waals surface area contributed by atoms with Gasteiger partial charge in [-0.2, -0.15) is 0 Å². The third-order valence-electron chi connectivity index (χ3n) is 2.17. The summed E-state index contributed by atoms with van der Waals surface area (Å²) in [5, 5.41) is 7.74. The van der Waals surface area contributed by atoms with Gasteiger partial charge < -0.3 is 9.64 Å². The van der Waals surface area contributed by atoms with Crippen LogP contribution in [0.3, 0.4) is 0 Å². The van der Waals surface area contributed by atoms with Gasteiger partial charge in [-0.3, -0.25) is 5.41 Å². The van der Waals surface area contributed by atoms with E-state index in [2.05, 4.69) is 0 Å². The first-order valence-corrected chi connectivity index (χ1v) is 3.96. The van der Waals surface area contributed by atoms with Crippen molar-refractivity contribution in [2.24, 2.45) is 0 Å². The van der Waals surface area contributed by atoms with Crippen LogP contribution in [0, 0.1) is 5.41 Å². The molecule has 0 aliphatic carbocycles. The number of hydrogen-bond acceptors (Lipinski definition) is 2. The number of amidine groups is 1. The van der Waals surface area contributed by atoms with Gasteiger partial charge in [-0.15, -0.1) is 0 Å². The van der Waals surface area contributed by atoms with E-state index in [9.17, 15) is 0 Å². The highest BCUT2D eigenvalue weighted by atomic mass is 16.5. The highest BCUT2D eigenvalue weighted by Crippen LogP contribution is 2.26. The van der Waals surface area contributed by atoms with Crippen LogP contribution in [-0.2, 0) is 4.74 Å². The van der Waals surface area contributed by atoms with Crippen LogP contribution in [0.2, 0.25) is 0 Å². The third-order valence-corrected chi connectivity index (χ3v) is 2.17. The second-order valence-corrected chi connectivity index (χ2v) is 3.43. The first-order chi connectivity index (χ1) is 5.06. The van der Waals surface area contributed by atoms with E-state index in [1.807, 2.05) is 25.9 Å². The first-order valence-electron chi connectivity index (χ1n) is 3.96. The molecule has 0 radical (unpaired) electrons. The summed E-state index contributed by atoms with van der Waals surface area (Å²) in [7, 11) is 3.77. The minimum absolute atomic E-state index is 0.316. The molecule has 1 unspecified atom stereocenters. The largest absolute Gasteiger partial charge is 0.367 e. The van der Waals surface area contributed by atoms with Crippen LogP contribution < -0.4 is 0 Å². The Morgan fingerprint density at radius 3 is 2.55 bits per heavy atom. The fourth-order valence-corrected chi connectivity index (χ4v) is 1.44. The average Bonchev–Trinajstić information content (AvgIpc) is 2.35. The zero-order valence-electron chi connectivity index (χ0n) is 7.48. The predicted octanol–water partition coefficient (Wildman–Crippen LogP) is 1.09. The van der Waals surface area contributed by atoms with E-state index in [1.54, 1.807) is 0 Å². The maximum Gasteiger partial charge on any atom is 0.128 e. The van der Waals surface area contributed by atoms with Gasteiger partial charge in [0.2, 0.25) is 0 Å².